The Hall–Kier alpha value is -3.13. The molecule has 6 nitrogen and oxygen atoms in total. The number of ether oxygens (including phenoxy) is 2. The molecule has 0 N–H and O–H groups in total. The average Bonchev–Trinajstić information content (AvgIpc) is 3.27. The van der Waals surface area contributed by atoms with Crippen molar-refractivity contribution in [1.29, 1.82) is 0 Å². The maximum absolute atomic E-state index is 14.3. The van der Waals surface area contributed by atoms with Crippen molar-refractivity contribution in [1.82, 2.24) is 9.88 Å². The fourth-order valence-electron chi connectivity index (χ4n) is 4.23. The molecule has 35 heavy (non-hydrogen) atoms. The van der Waals surface area contributed by atoms with Crippen LogP contribution in [0.3, 0.4) is 0 Å². The van der Waals surface area contributed by atoms with Crippen LogP contribution in [0.2, 0.25) is 0 Å². The molecule has 1 aliphatic rings. The third kappa shape index (κ3) is 4.85. The van der Waals surface area contributed by atoms with Crippen LogP contribution in [-0.4, -0.2) is 49.6 Å². The Morgan fingerprint density at radius 1 is 0.971 bits per heavy atom. The van der Waals surface area contributed by atoms with Crippen LogP contribution >= 0.6 is 23.7 Å². The van der Waals surface area contributed by atoms with Gasteiger partial charge in [-0.05, 0) is 45.3 Å². The monoisotopic (exact) mass is 509 g/mol. The number of thiazole rings is 1. The van der Waals surface area contributed by atoms with E-state index in [1.165, 1.54) is 11.3 Å². The summed E-state index contributed by atoms with van der Waals surface area (Å²) in [6, 6.07) is 21.5. The van der Waals surface area contributed by atoms with Crippen LogP contribution in [0.25, 0.3) is 10.2 Å². The van der Waals surface area contributed by atoms with Crippen molar-refractivity contribution in [3.05, 3.63) is 77.9 Å². The lowest BCUT2D eigenvalue weighted by molar-refractivity contribution is -0.119. The number of halogens is 1. The fourth-order valence-corrected chi connectivity index (χ4v) is 5.25. The Labute approximate surface area is 215 Å². The second kappa shape index (κ2) is 10.6. The Morgan fingerprint density at radius 3 is 2.26 bits per heavy atom. The van der Waals surface area contributed by atoms with Gasteiger partial charge in [0.05, 0.1) is 17.2 Å². The van der Waals surface area contributed by atoms with E-state index in [9.17, 15) is 4.79 Å². The van der Waals surface area contributed by atoms with Gasteiger partial charge in [-0.1, -0.05) is 53.8 Å². The first-order valence-electron chi connectivity index (χ1n) is 11.4. The van der Waals surface area contributed by atoms with Gasteiger partial charge in [0.1, 0.15) is 22.8 Å². The van der Waals surface area contributed by atoms with Gasteiger partial charge in [-0.25, -0.2) is 4.98 Å². The molecule has 0 saturated carbocycles. The summed E-state index contributed by atoms with van der Waals surface area (Å²) in [5.41, 5.74) is 2.54. The molecule has 0 atom stereocenters. The molecule has 2 heterocycles. The smallest absolute Gasteiger partial charge is 0.241 e. The number of aromatic nitrogens is 1. The molecule has 0 radical (unpaired) electrons. The van der Waals surface area contributed by atoms with Gasteiger partial charge in [0, 0.05) is 24.2 Å². The van der Waals surface area contributed by atoms with Gasteiger partial charge in [0.2, 0.25) is 5.91 Å². The predicted octanol–water partition coefficient (Wildman–Crippen LogP) is 5.95. The molecule has 4 aromatic rings. The van der Waals surface area contributed by atoms with Crippen molar-refractivity contribution in [2.75, 3.05) is 38.7 Å². The highest BCUT2D eigenvalue weighted by Crippen LogP contribution is 2.45. The molecule has 8 heteroatoms. The molecule has 0 aliphatic carbocycles. The number of fused-ring (bicyclic) bond motifs is 3. The molecule has 5 rings (SSSR count). The van der Waals surface area contributed by atoms with E-state index in [4.69, 9.17) is 14.5 Å². The number of hydrogen-bond acceptors (Lipinski definition) is 6. The van der Waals surface area contributed by atoms with Crippen molar-refractivity contribution in [2.45, 2.75) is 12.8 Å². The second-order valence-electron chi connectivity index (χ2n) is 8.44. The molecule has 3 aromatic carbocycles. The van der Waals surface area contributed by atoms with Gasteiger partial charge >= 0.3 is 0 Å². The minimum absolute atomic E-state index is 0. The Bertz CT molecular complexity index is 1290. The molecule has 0 unspecified atom stereocenters. The molecule has 0 bridgehead atoms. The van der Waals surface area contributed by atoms with Gasteiger partial charge in [0.15, 0.2) is 5.13 Å². The van der Waals surface area contributed by atoms with Crippen LogP contribution in [-0.2, 0) is 4.79 Å². The molecular formula is C27H28ClN3O3S. The van der Waals surface area contributed by atoms with E-state index in [0.29, 0.717) is 24.8 Å². The molecular weight excluding hydrogens is 482 g/mol. The summed E-state index contributed by atoms with van der Waals surface area (Å²) in [7, 11) is 4.01. The summed E-state index contributed by atoms with van der Waals surface area (Å²) < 4.78 is 12.9. The molecule has 1 aliphatic heterocycles. The number of para-hydroxylation sites is 3. The Morgan fingerprint density at radius 2 is 1.63 bits per heavy atom. The quantitative estimate of drug-likeness (QED) is 0.308. The van der Waals surface area contributed by atoms with E-state index in [1.54, 1.807) is 0 Å². The zero-order valence-electron chi connectivity index (χ0n) is 19.9. The van der Waals surface area contributed by atoms with Crippen LogP contribution in [0.1, 0.15) is 24.0 Å². The first-order valence-corrected chi connectivity index (χ1v) is 12.2. The maximum atomic E-state index is 14.3. The largest absolute Gasteiger partial charge is 0.492 e. The van der Waals surface area contributed by atoms with E-state index in [-0.39, 0.29) is 18.3 Å². The van der Waals surface area contributed by atoms with E-state index in [2.05, 4.69) is 4.90 Å². The van der Waals surface area contributed by atoms with E-state index in [0.717, 1.165) is 38.6 Å². The van der Waals surface area contributed by atoms with E-state index in [1.807, 2.05) is 92.6 Å². The molecule has 182 valence electrons. The van der Waals surface area contributed by atoms with Crippen molar-refractivity contribution < 1.29 is 14.3 Å². The molecule has 1 aromatic heterocycles. The number of benzene rings is 3. The van der Waals surface area contributed by atoms with Crippen LogP contribution in [0, 0.1) is 0 Å². The van der Waals surface area contributed by atoms with Gasteiger partial charge < -0.3 is 14.4 Å². The first-order chi connectivity index (χ1) is 16.6. The Kier molecular flexibility index (Phi) is 7.60. The van der Waals surface area contributed by atoms with Gasteiger partial charge in [-0.2, -0.15) is 0 Å². The van der Waals surface area contributed by atoms with Crippen LogP contribution in [0.5, 0.6) is 17.2 Å². The molecule has 0 saturated heterocycles. The van der Waals surface area contributed by atoms with Crippen molar-refractivity contribution in [3.8, 4) is 17.2 Å². The normalized spacial score (nSPS) is 12.5. The number of anilines is 1. The standard InChI is InChI=1S/C27H27N3O3S.ClH/c1-4-32-22-14-9-15-23-25(22)28-27(34-23)30(17-16-29(2)3)26(31)24-18-10-5-7-12-20(18)33-21-13-8-6-11-19(21)24;/h5-15,24H,4,16-17H2,1-3H3;1H. The van der Waals surface area contributed by atoms with Gasteiger partial charge in [-0.15, -0.1) is 12.4 Å². The zero-order chi connectivity index (χ0) is 23.7. The summed E-state index contributed by atoms with van der Waals surface area (Å²) in [4.78, 5) is 23.1. The number of hydrogen-bond donors (Lipinski definition) is 0. The summed E-state index contributed by atoms with van der Waals surface area (Å²) in [6.07, 6.45) is 0. The SMILES string of the molecule is CCOc1cccc2sc(N(CCN(C)C)C(=O)C3c4ccccc4Oc4ccccc43)nc12.Cl. The third-order valence-electron chi connectivity index (χ3n) is 5.87. The van der Waals surface area contributed by atoms with Gasteiger partial charge in [0.25, 0.3) is 0 Å². The lowest BCUT2D eigenvalue weighted by atomic mass is 9.87. The van der Waals surface area contributed by atoms with E-state index < -0.39 is 5.92 Å². The molecule has 1 amide bonds. The highest BCUT2D eigenvalue weighted by atomic mass is 35.5. The first kappa shape index (κ1) is 25.0. The predicted molar refractivity (Wildman–Crippen MR) is 144 cm³/mol. The summed E-state index contributed by atoms with van der Waals surface area (Å²) >= 11 is 1.52. The average molecular weight is 510 g/mol. The topological polar surface area (TPSA) is 54.9 Å². The lowest BCUT2D eigenvalue weighted by Crippen LogP contribution is -2.40. The summed E-state index contributed by atoms with van der Waals surface area (Å²) in [5, 5.41) is 0.676. The van der Waals surface area contributed by atoms with Crippen molar-refractivity contribution >= 4 is 45.0 Å². The zero-order valence-corrected chi connectivity index (χ0v) is 21.6. The highest BCUT2D eigenvalue weighted by molar-refractivity contribution is 7.22. The van der Waals surface area contributed by atoms with Crippen LogP contribution in [0.15, 0.2) is 66.7 Å². The number of carbonyl (C=O) groups excluding carboxylic acids is 1. The summed E-state index contributed by atoms with van der Waals surface area (Å²) in [6.45, 7) is 3.76. The minimum Gasteiger partial charge on any atom is -0.492 e. The second-order valence-corrected chi connectivity index (χ2v) is 9.45. The maximum Gasteiger partial charge on any atom is 0.241 e. The Balaban J connectivity index is 0.00000289. The number of rotatable bonds is 7. The third-order valence-corrected chi connectivity index (χ3v) is 6.91. The lowest BCUT2D eigenvalue weighted by Gasteiger charge is -2.31. The van der Waals surface area contributed by atoms with Crippen molar-refractivity contribution in [3.63, 3.8) is 0 Å². The number of likely N-dealkylation sites (N-methyl/N-ethyl adjacent to an activating group) is 1. The van der Waals surface area contributed by atoms with E-state index >= 15 is 0 Å². The van der Waals surface area contributed by atoms with Crippen LogP contribution in [0.4, 0.5) is 5.13 Å². The number of nitrogens with zero attached hydrogens (tertiary/aromatic N) is 3. The minimum atomic E-state index is -0.471. The number of carbonyl (C=O) groups is 1. The highest BCUT2D eigenvalue weighted by Gasteiger charge is 2.36. The fraction of sp³-hybridized carbons (Fsp3) is 0.259. The molecule has 0 fully saturated rings. The summed E-state index contributed by atoms with van der Waals surface area (Å²) in [5.74, 6) is 1.69. The molecule has 0 spiro atoms. The van der Waals surface area contributed by atoms with Gasteiger partial charge in [-0.3, -0.25) is 9.69 Å². The number of amides is 1. The van der Waals surface area contributed by atoms with Crippen LogP contribution < -0.4 is 14.4 Å². The van der Waals surface area contributed by atoms with Crippen molar-refractivity contribution in [2.24, 2.45) is 0 Å².